The number of nitrogens with one attached hydrogen (secondary N) is 1. The lowest BCUT2D eigenvalue weighted by atomic mass is 10.0. The predicted molar refractivity (Wildman–Crippen MR) is 286 cm³/mol. The molecule has 0 heterocycles. The minimum absolute atomic E-state index is 0.0928. The Bertz CT molecular complexity index is 1000. The highest BCUT2D eigenvalue weighted by Crippen LogP contribution is 2.43. The largest absolute Gasteiger partial charge is 0.472 e. The van der Waals surface area contributed by atoms with Crippen LogP contribution in [0.1, 0.15) is 328 Å². The quantitative estimate of drug-likeness (QED) is 0.0353. The van der Waals surface area contributed by atoms with Crippen molar-refractivity contribution in [2.75, 3.05) is 19.8 Å². The Morgan fingerprint density at radius 2 is 0.697 bits per heavy atom. The fourth-order valence-corrected chi connectivity index (χ4v) is 10.3. The summed E-state index contributed by atoms with van der Waals surface area (Å²) in [7, 11) is -4.31. The molecule has 66 heavy (non-hydrogen) atoms. The first-order chi connectivity index (χ1) is 32.4. The summed E-state index contributed by atoms with van der Waals surface area (Å²) in [5.74, 6) is -0.153. The number of nitrogens with two attached hydrogens (primary N) is 1. The number of rotatable bonds is 57. The molecule has 1 unspecified atom stereocenters. The Balaban J connectivity index is 3.74. The zero-order valence-electron chi connectivity index (χ0n) is 44.5. The zero-order chi connectivity index (χ0) is 48.1. The van der Waals surface area contributed by atoms with Gasteiger partial charge in [-0.1, -0.05) is 309 Å². The molecule has 0 spiro atoms. The van der Waals surface area contributed by atoms with Crippen molar-refractivity contribution in [1.29, 1.82) is 0 Å². The summed E-state index contributed by atoms with van der Waals surface area (Å²) in [5.41, 5.74) is 5.40. The summed E-state index contributed by atoms with van der Waals surface area (Å²) in [6.07, 6.45) is 63.2. The number of aliphatic hydroxyl groups is 1. The van der Waals surface area contributed by atoms with Crippen LogP contribution in [-0.2, 0) is 18.4 Å². The van der Waals surface area contributed by atoms with Crippen molar-refractivity contribution < 1.29 is 28.4 Å². The van der Waals surface area contributed by atoms with E-state index in [1.165, 1.54) is 263 Å². The molecule has 0 aliphatic heterocycles. The Kier molecular flexibility index (Phi) is 53.4. The smallest absolute Gasteiger partial charge is 0.391 e. The van der Waals surface area contributed by atoms with Crippen molar-refractivity contribution in [2.24, 2.45) is 5.73 Å². The number of phosphoric ester groups is 1. The van der Waals surface area contributed by atoms with E-state index in [9.17, 15) is 19.4 Å². The summed E-state index contributed by atoms with van der Waals surface area (Å²) in [5, 5.41) is 13.9. The van der Waals surface area contributed by atoms with Gasteiger partial charge in [0.15, 0.2) is 0 Å². The predicted octanol–water partition coefficient (Wildman–Crippen LogP) is 18.1. The lowest BCUT2D eigenvalue weighted by molar-refractivity contribution is -0.123. The van der Waals surface area contributed by atoms with Crippen LogP contribution in [0.3, 0.4) is 0 Å². The van der Waals surface area contributed by atoms with Crippen molar-refractivity contribution in [3.8, 4) is 0 Å². The Morgan fingerprint density at radius 3 is 0.970 bits per heavy atom. The third-order valence-electron chi connectivity index (χ3n) is 14.0. The molecule has 0 bridgehead atoms. The van der Waals surface area contributed by atoms with Crippen LogP contribution < -0.4 is 11.1 Å². The molecular formula is C57H117N2O6P. The first-order valence-corrected chi connectivity index (χ1v) is 31.1. The summed E-state index contributed by atoms with van der Waals surface area (Å²) in [4.78, 5) is 22.9. The van der Waals surface area contributed by atoms with Crippen LogP contribution in [0, 0.1) is 0 Å². The number of unbranched alkanes of at least 4 members (excludes halogenated alkanes) is 45. The molecule has 0 rings (SSSR count). The molecule has 0 fully saturated rings. The average molecular weight is 958 g/mol. The summed E-state index contributed by atoms with van der Waals surface area (Å²) >= 11 is 0. The summed E-state index contributed by atoms with van der Waals surface area (Å²) in [6.45, 7) is 4.26. The fourth-order valence-electron chi connectivity index (χ4n) is 9.50. The highest BCUT2D eigenvalue weighted by Gasteiger charge is 2.27. The Morgan fingerprint density at radius 1 is 0.439 bits per heavy atom. The average Bonchev–Trinajstić information content (AvgIpc) is 3.31. The molecule has 0 radical (unpaired) electrons. The molecule has 1 amide bonds. The molecule has 396 valence electrons. The van der Waals surface area contributed by atoms with Gasteiger partial charge in [-0.2, -0.15) is 0 Å². The monoisotopic (exact) mass is 957 g/mol. The van der Waals surface area contributed by atoms with Crippen molar-refractivity contribution >= 4 is 13.7 Å². The van der Waals surface area contributed by atoms with Gasteiger partial charge in [-0.25, -0.2) is 4.57 Å². The van der Waals surface area contributed by atoms with Gasteiger partial charge in [0, 0.05) is 13.0 Å². The molecule has 3 atom stereocenters. The van der Waals surface area contributed by atoms with E-state index in [1.807, 2.05) is 0 Å². The first-order valence-electron chi connectivity index (χ1n) is 29.7. The maximum Gasteiger partial charge on any atom is 0.472 e. The molecule has 9 heteroatoms. The third kappa shape index (κ3) is 51.4. The molecular weight excluding hydrogens is 840 g/mol. The van der Waals surface area contributed by atoms with Gasteiger partial charge in [0.1, 0.15) is 0 Å². The van der Waals surface area contributed by atoms with Crippen LogP contribution in [0.2, 0.25) is 0 Å². The zero-order valence-corrected chi connectivity index (χ0v) is 45.4. The molecule has 0 saturated carbocycles. The van der Waals surface area contributed by atoms with Crippen molar-refractivity contribution in [3.05, 3.63) is 0 Å². The number of carbonyl (C=O) groups is 1. The fraction of sp³-hybridized carbons (Fsp3) is 0.982. The number of hydrogen-bond acceptors (Lipinski definition) is 6. The molecule has 0 aliphatic rings. The van der Waals surface area contributed by atoms with E-state index in [0.29, 0.717) is 12.8 Å². The Hall–Kier alpha value is -0.500. The SMILES string of the molecule is CCCCCCCCCCCCCCCCCCCCCCCCCCCCCCCCCCCCC(=O)N[C@@H](COP(=O)(O)OCCN)[C@H](O)CCCCCCCCCCCCCCC. The summed E-state index contributed by atoms with van der Waals surface area (Å²) < 4.78 is 22.3. The minimum atomic E-state index is -4.31. The van der Waals surface area contributed by atoms with E-state index in [-0.39, 0.29) is 25.7 Å². The Labute approximate surface area is 412 Å². The first kappa shape index (κ1) is 65.5. The lowest BCUT2D eigenvalue weighted by Gasteiger charge is -2.25. The van der Waals surface area contributed by atoms with Crippen LogP contribution in [0.15, 0.2) is 0 Å². The second-order valence-corrected chi connectivity index (χ2v) is 22.0. The number of phosphoric acid groups is 1. The van der Waals surface area contributed by atoms with Crippen LogP contribution in [0.5, 0.6) is 0 Å². The molecule has 8 nitrogen and oxygen atoms in total. The second-order valence-electron chi connectivity index (χ2n) is 20.6. The van der Waals surface area contributed by atoms with E-state index in [0.717, 1.165) is 38.5 Å². The van der Waals surface area contributed by atoms with Gasteiger partial charge < -0.3 is 21.1 Å². The van der Waals surface area contributed by atoms with E-state index in [1.54, 1.807) is 0 Å². The van der Waals surface area contributed by atoms with Crippen molar-refractivity contribution in [1.82, 2.24) is 5.32 Å². The van der Waals surface area contributed by atoms with Crippen molar-refractivity contribution in [2.45, 2.75) is 341 Å². The van der Waals surface area contributed by atoms with Gasteiger partial charge in [0.05, 0.1) is 25.4 Å². The third-order valence-corrected chi connectivity index (χ3v) is 14.9. The number of aliphatic hydroxyl groups excluding tert-OH is 1. The number of hydrogen-bond donors (Lipinski definition) is 4. The standard InChI is InChI=1S/C57H117N2O6P/c1-3-5-7-9-11-13-15-17-18-19-20-21-22-23-24-25-26-27-28-29-30-31-32-33-34-35-36-37-39-41-43-45-47-49-51-57(61)59-55(54-65-66(62,63)64-53-52-58)56(60)50-48-46-44-42-40-38-16-14-12-10-8-6-4-2/h55-56,60H,3-54,58H2,1-2H3,(H,59,61)(H,62,63)/t55-,56+/m0/s1. The number of carbonyl (C=O) groups excluding carboxylic acids is 1. The van der Waals surface area contributed by atoms with E-state index >= 15 is 0 Å². The maximum atomic E-state index is 12.9. The van der Waals surface area contributed by atoms with E-state index in [4.69, 9.17) is 14.8 Å². The van der Waals surface area contributed by atoms with E-state index < -0.39 is 20.0 Å². The molecule has 5 N–H and O–H groups in total. The van der Waals surface area contributed by atoms with Gasteiger partial charge in [-0.3, -0.25) is 13.8 Å². The van der Waals surface area contributed by atoms with Gasteiger partial charge in [0.25, 0.3) is 0 Å². The van der Waals surface area contributed by atoms with Gasteiger partial charge >= 0.3 is 7.82 Å². The second kappa shape index (κ2) is 53.8. The van der Waals surface area contributed by atoms with Gasteiger partial charge in [-0.05, 0) is 12.8 Å². The molecule has 0 aromatic heterocycles. The van der Waals surface area contributed by atoms with Gasteiger partial charge in [-0.15, -0.1) is 0 Å². The van der Waals surface area contributed by atoms with Crippen LogP contribution in [0.4, 0.5) is 0 Å². The highest BCUT2D eigenvalue weighted by molar-refractivity contribution is 7.47. The van der Waals surface area contributed by atoms with Crippen LogP contribution >= 0.6 is 7.82 Å². The highest BCUT2D eigenvalue weighted by atomic mass is 31.2. The van der Waals surface area contributed by atoms with Crippen LogP contribution in [0.25, 0.3) is 0 Å². The maximum absolute atomic E-state index is 12.9. The lowest BCUT2D eigenvalue weighted by Crippen LogP contribution is -2.46. The molecule has 0 aliphatic carbocycles. The molecule has 0 aromatic carbocycles. The summed E-state index contributed by atoms with van der Waals surface area (Å²) in [6, 6.07) is -0.769. The normalized spacial score (nSPS) is 13.6. The topological polar surface area (TPSA) is 131 Å². The molecule has 0 aromatic rings. The van der Waals surface area contributed by atoms with Crippen molar-refractivity contribution in [3.63, 3.8) is 0 Å². The van der Waals surface area contributed by atoms with E-state index in [2.05, 4.69) is 19.2 Å². The number of amides is 1. The minimum Gasteiger partial charge on any atom is -0.391 e. The molecule has 0 saturated heterocycles. The van der Waals surface area contributed by atoms with Gasteiger partial charge in [0.2, 0.25) is 5.91 Å². The van der Waals surface area contributed by atoms with Crippen LogP contribution in [-0.4, -0.2) is 47.8 Å².